The number of hydrogen-bond acceptors (Lipinski definition) is 2. The molecular weight excluding hydrogens is 328 g/mol. The fourth-order valence-corrected chi connectivity index (χ4v) is 4.09. The highest BCUT2D eigenvalue weighted by atomic mass is 79.9. The minimum absolute atomic E-state index is 0.123. The Kier molecular flexibility index (Phi) is 6.20. The van der Waals surface area contributed by atoms with Gasteiger partial charge in [-0.05, 0) is 36.5 Å². The van der Waals surface area contributed by atoms with Gasteiger partial charge in [0.2, 0.25) is 0 Å². The molecule has 3 nitrogen and oxygen atoms in total. The summed E-state index contributed by atoms with van der Waals surface area (Å²) < 4.78 is 13.1. The van der Waals surface area contributed by atoms with Crippen LogP contribution in [0.15, 0.2) is 27.6 Å². The van der Waals surface area contributed by atoms with Gasteiger partial charge in [0.25, 0.3) is 0 Å². The molecule has 1 N–H and O–H groups in total. The SMILES string of the molecule is CC(C)CC(C)CS(=O)c1cc(Br)ccc1C(=O)O. The second kappa shape index (κ2) is 7.20. The molecule has 19 heavy (non-hydrogen) atoms. The van der Waals surface area contributed by atoms with Gasteiger partial charge in [0, 0.05) is 10.2 Å². The van der Waals surface area contributed by atoms with Crippen LogP contribution >= 0.6 is 15.9 Å². The van der Waals surface area contributed by atoms with Crippen LogP contribution in [0.5, 0.6) is 0 Å². The van der Waals surface area contributed by atoms with E-state index in [1.807, 2.05) is 0 Å². The quantitative estimate of drug-likeness (QED) is 0.848. The van der Waals surface area contributed by atoms with Gasteiger partial charge in [0.05, 0.1) is 21.3 Å². The molecule has 0 heterocycles. The first kappa shape index (κ1) is 16.4. The second-order valence-electron chi connectivity index (χ2n) is 5.19. The number of carboxylic acid groups (broad SMARTS) is 1. The standard InChI is InChI=1S/C14H19BrO3S/c1-9(2)6-10(3)8-19(18)13-7-11(15)4-5-12(13)14(16)17/h4-5,7,9-10H,6,8H2,1-3H3,(H,16,17). The summed E-state index contributed by atoms with van der Waals surface area (Å²) in [6, 6.07) is 4.79. The van der Waals surface area contributed by atoms with Crippen LogP contribution < -0.4 is 0 Å². The van der Waals surface area contributed by atoms with Crippen LogP contribution in [0, 0.1) is 11.8 Å². The fourth-order valence-electron chi connectivity index (χ4n) is 2.08. The van der Waals surface area contributed by atoms with E-state index >= 15 is 0 Å². The van der Waals surface area contributed by atoms with E-state index in [2.05, 4.69) is 36.7 Å². The van der Waals surface area contributed by atoms with E-state index in [9.17, 15) is 9.00 Å². The first-order valence-electron chi connectivity index (χ1n) is 6.22. The average molecular weight is 347 g/mol. The van der Waals surface area contributed by atoms with Gasteiger partial charge in [-0.1, -0.05) is 36.7 Å². The number of aromatic carboxylic acids is 1. The van der Waals surface area contributed by atoms with Crippen molar-refractivity contribution in [3.05, 3.63) is 28.2 Å². The molecule has 0 saturated heterocycles. The maximum atomic E-state index is 12.3. The first-order chi connectivity index (χ1) is 8.81. The Bertz CT molecular complexity index is 486. The van der Waals surface area contributed by atoms with E-state index < -0.39 is 16.8 Å². The highest BCUT2D eigenvalue weighted by molar-refractivity contribution is 9.10. The van der Waals surface area contributed by atoms with Crippen LogP contribution in [0.3, 0.4) is 0 Å². The lowest BCUT2D eigenvalue weighted by atomic mass is 10.0. The van der Waals surface area contributed by atoms with Crippen LogP contribution in [0.25, 0.3) is 0 Å². The summed E-state index contributed by atoms with van der Waals surface area (Å²) in [6.45, 7) is 6.30. The summed E-state index contributed by atoms with van der Waals surface area (Å²) in [5, 5.41) is 9.14. The Morgan fingerprint density at radius 3 is 2.53 bits per heavy atom. The van der Waals surface area contributed by atoms with Crippen molar-refractivity contribution in [1.29, 1.82) is 0 Å². The molecule has 0 aliphatic carbocycles. The smallest absolute Gasteiger partial charge is 0.336 e. The summed E-state index contributed by atoms with van der Waals surface area (Å²) in [5.41, 5.74) is 0.123. The van der Waals surface area contributed by atoms with Crippen molar-refractivity contribution in [2.24, 2.45) is 11.8 Å². The van der Waals surface area contributed by atoms with Crippen LogP contribution in [-0.2, 0) is 10.8 Å². The van der Waals surface area contributed by atoms with Gasteiger partial charge >= 0.3 is 5.97 Å². The Morgan fingerprint density at radius 2 is 2.00 bits per heavy atom. The van der Waals surface area contributed by atoms with Gasteiger partial charge < -0.3 is 5.11 Å². The molecule has 0 bridgehead atoms. The molecule has 1 aromatic rings. The van der Waals surface area contributed by atoms with Crippen LogP contribution in [0.4, 0.5) is 0 Å². The van der Waals surface area contributed by atoms with Crippen LogP contribution in [0.2, 0.25) is 0 Å². The number of halogens is 1. The Labute approximate surface area is 125 Å². The van der Waals surface area contributed by atoms with Gasteiger partial charge in [-0.25, -0.2) is 4.79 Å². The lowest BCUT2D eigenvalue weighted by Gasteiger charge is -2.14. The summed E-state index contributed by atoms with van der Waals surface area (Å²) in [7, 11) is -1.28. The van der Waals surface area contributed by atoms with Crippen molar-refractivity contribution in [3.63, 3.8) is 0 Å². The topological polar surface area (TPSA) is 54.4 Å². The molecule has 5 heteroatoms. The van der Waals surface area contributed by atoms with E-state index in [1.165, 1.54) is 6.07 Å². The molecule has 0 fully saturated rings. The largest absolute Gasteiger partial charge is 0.478 e. The summed E-state index contributed by atoms with van der Waals surface area (Å²) in [5.74, 6) is 0.317. The van der Waals surface area contributed by atoms with Crippen molar-refractivity contribution < 1.29 is 14.1 Å². The first-order valence-corrected chi connectivity index (χ1v) is 8.33. The summed E-state index contributed by atoms with van der Waals surface area (Å²) in [6.07, 6.45) is 0.988. The van der Waals surface area contributed by atoms with E-state index in [1.54, 1.807) is 12.1 Å². The van der Waals surface area contributed by atoms with Gasteiger partial charge in [-0.15, -0.1) is 0 Å². The average Bonchev–Trinajstić information content (AvgIpc) is 2.26. The highest BCUT2D eigenvalue weighted by Gasteiger charge is 2.18. The Morgan fingerprint density at radius 1 is 1.37 bits per heavy atom. The predicted molar refractivity (Wildman–Crippen MR) is 81.0 cm³/mol. The van der Waals surface area contributed by atoms with Gasteiger partial charge in [-0.2, -0.15) is 0 Å². The third-order valence-corrected chi connectivity index (χ3v) is 4.92. The zero-order valence-corrected chi connectivity index (χ0v) is 13.8. The number of carboxylic acids is 1. The normalized spacial score (nSPS) is 14.4. The van der Waals surface area contributed by atoms with Crippen molar-refractivity contribution in [3.8, 4) is 0 Å². The minimum atomic E-state index is -1.28. The monoisotopic (exact) mass is 346 g/mol. The molecule has 1 aromatic carbocycles. The highest BCUT2D eigenvalue weighted by Crippen LogP contribution is 2.22. The molecule has 0 radical (unpaired) electrons. The van der Waals surface area contributed by atoms with Crippen molar-refractivity contribution in [2.45, 2.75) is 32.1 Å². The maximum Gasteiger partial charge on any atom is 0.336 e. The minimum Gasteiger partial charge on any atom is -0.478 e. The molecule has 2 atom stereocenters. The lowest BCUT2D eigenvalue weighted by Crippen LogP contribution is -2.13. The van der Waals surface area contributed by atoms with Crippen molar-refractivity contribution >= 4 is 32.7 Å². The number of hydrogen-bond donors (Lipinski definition) is 1. The molecule has 0 spiro atoms. The Hall–Kier alpha value is -0.680. The molecule has 0 amide bonds. The lowest BCUT2D eigenvalue weighted by molar-refractivity contribution is 0.0693. The van der Waals surface area contributed by atoms with Crippen molar-refractivity contribution in [1.82, 2.24) is 0 Å². The van der Waals surface area contributed by atoms with Crippen LogP contribution in [0.1, 0.15) is 37.6 Å². The van der Waals surface area contributed by atoms with E-state index in [0.29, 0.717) is 22.5 Å². The maximum absolute atomic E-state index is 12.3. The molecule has 0 saturated carbocycles. The zero-order valence-electron chi connectivity index (χ0n) is 11.4. The van der Waals surface area contributed by atoms with E-state index in [0.717, 1.165) is 10.9 Å². The molecule has 1 rings (SSSR count). The molecule has 0 aliphatic rings. The molecule has 0 aromatic heterocycles. The number of benzene rings is 1. The number of rotatable bonds is 6. The molecule has 0 aliphatic heterocycles. The zero-order chi connectivity index (χ0) is 14.6. The van der Waals surface area contributed by atoms with Gasteiger partial charge in [-0.3, -0.25) is 4.21 Å². The second-order valence-corrected chi connectivity index (χ2v) is 7.57. The molecule has 106 valence electrons. The molecular formula is C14H19BrO3S. The predicted octanol–water partition coefficient (Wildman–Crippen LogP) is 3.94. The van der Waals surface area contributed by atoms with Crippen LogP contribution in [-0.4, -0.2) is 21.0 Å². The summed E-state index contributed by atoms with van der Waals surface area (Å²) >= 11 is 3.29. The van der Waals surface area contributed by atoms with Crippen molar-refractivity contribution in [2.75, 3.05) is 5.75 Å². The van der Waals surface area contributed by atoms with Gasteiger partial charge in [0.15, 0.2) is 0 Å². The van der Waals surface area contributed by atoms with E-state index in [-0.39, 0.29) is 5.56 Å². The third-order valence-electron chi connectivity index (χ3n) is 2.73. The van der Waals surface area contributed by atoms with Gasteiger partial charge in [0.1, 0.15) is 0 Å². The fraction of sp³-hybridized carbons (Fsp3) is 0.500. The molecule has 2 unspecified atom stereocenters. The number of carbonyl (C=O) groups is 1. The summed E-state index contributed by atoms with van der Waals surface area (Å²) in [4.78, 5) is 11.6. The Balaban J connectivity index is 2.92. The third kappa shape index (κ3) is 5.07. The van der Waals surface area contributed by atoms with E-state index in [4.69, 9.17) is 5.11 Å².